The lowest BCUT2D eigenvalue weighted by molar-refractivity contribution is -0.184. The number of hydrogen-bond acceptors (Lipinski definition) is 5. The molecule has 0 bridgehead atoms. The van der Waals surface area contributed by atoms with Gasteiger partial charge in [0.1, 0.15) is 0 Å². The predicted molar refractivity (Wildman–Crippen MR) is 112 cm³/mol. The quantitative estimate of drug-likeness (QED) is 0.645. The molecule has 1 heterocycles. The number of hydrogen-bond donors (Lipinski definition) is 1. The number of hydroxylamine groups is 2. The normalized spacial score (nSPS) is 20.0. The van der Waals surface area contributed by atoms with Crippen LogP contribution < -0.4 is 0 Å². The van der Waals surface area contributed by atoms with E-state index in [9.17, 15) is 9.90 Å². The van der Waals surface area contributed by atoms with Gasteiger partial charge in [0, 0.05) is 17.0 Å². The third kappa shape index (κ3) is 6.03. The standard InChI is InChI=1S/C23H28ClNO4/c1-23(2,15-26)16-28-22(27)19-12-21(18-8-10-20(24)11-9-18)25(13-19)29-14-17-6-4-3-5-7-17/h3-11,19,21,26H,12-16H2,1-2H3. The molecule has 5 nitrogen and oxygen atoms in total. The van der Waals surface area contributed by atoms with Crippen LogP contribution in [-0.4, -0.2) is 35.9 Å². The maximum Gasteiger partial charge on any atom is 0.310 e. The summed E-state index contributed by atoms with van der Waals surface area (Å²) in [4.78, 5) is 18.7. The Labute approximate surface area is 177 Å². The van der Waals surface area contributed by atoms with Crippen molar-refractivity contribution in [3.05, 3.63) is 70.7 Å². The van der Waals surface area contributed by atoms with Crippen molar-refractivity contribution in [2.24, 2.45) is 11.3 Å². The van der Waals surface area contributed by atoms with E-state index in [-0.39, 0.29) is 31.1 Å². The fourth-order valence-corrected chi connectivity index (χ4v) is 3.39. The average molecular weight is 418 g/mol. The van der Waals surface area contributed by atoms with Crippen molar-refractivity contribution < 1.29 is 19.5 Å². The molecule has 0 radical (unpaired) electrons. The Morgan fingerprint density at radius 2 is 1.86 bits per heavy atom. The molecule has 3 rings (SSSR count). The van der Waals surface area contributed by atoms with Crippen LogP contribution in [0.2, 0.25) is 5.02 Å². The second kappa shape index (κ2) is 9.72. The summed E-state index contributed by atoms with van der Waals surface area (Å²) in [6, 6.07) is 17.5. The molecule has 2 unspecified atom stereocenters. The molecule has 156 valence electrons. The zero-order valence-corrected chi connectivity index (χ0v) is 17.6. The maximum absolute atomic E-state index is 12.7. The molecule has 1 fully saturated rings. The van der Waals surface area contributed by atoms with Crippen molar-refractivity contribution in [3.8, 4) is 0 Å². The second-order valence-corrected chi connectivity index (χ2v) is 8.73. The Bertz CT molecular complexity index is 794. The molecule has 0 saturated carbocycles. The van der Waals surface area contributed by atoms with Crippen molar-refractivity contribution in [3.63, 3.8) is 0 Å². The number of nitrogens with zero attached hydrogens (tertiary/aromatic N) is 1. The lowest BCUT2D eigenvalue weighted by Gasteiger charge is -2.24. The average Bonchev–Trinajstić information content (AvgIpc) is 3.16. The maximum atomic E-state index is 12.7. The Hall–Kier alpha value is -1.92. The van der Waals surface area contributed by atoms with Gasteiger partial charge >= 0.3 is 5.97 Å². The minimum atomic E-state index is -0.451. The summed E-state index contributed by atoms with van der Waals surface area (Å²) in [5.74, 6) is -0.544. The number of carbonyl (C=O) groups is 1. The fraction of sp³-hybridized carbons (Fsp3) is 0.435. The Morgan fingerprint density at radius 3 is 2.52 bits per heavy atom. The van der Waals surface area contributed by atoms with Crippen LogP contribution in [0.5, 0.6) is 0 Å². The van der Waals surface area contributed by atoms with Crippen molar-refractivity contribution in [1.29, 1.82) is 0 Å². The van der Waals surface area contributed by atoms with Gasteiger partial charge in [0.15, 0.2) is 0 Å². The predicted octanol–water partition coefficient (Wildman–Crippen LogP) is 4.40. The van der Waals surface area contributed by atoms with Gasteiger partial charge in [0.2, 0.25) is 0 Å². The minimum absolute atomic E-state index is 0.0370. The van der Waals surface area contributed by atoms with Crippen LogP contribution in [0, 0.1) is 11.3 Å². The van der Waals surface area contributed by atoms with E-state index in [0.717, 1.165) is 11.1 Å². The summed E-state index contributed by atoms with van der Waals surface area (Å²) in [6.07, 6.45) is 0.606. The summed E-state index contributed by atoms with van der Waals surface area (Å²) >= 11 is 6.03. The van der Waals surface area contributed by atoms with Crippen LogP contribution in [0.25, 0.3) is 0 Å². The third-order valence-electron chi connectivity index (χ3n) is 5.12. The first kappa shape index (κ1) is 21.8. The van der Waals surface area contributed by atoms with Crippen LogP contribution in [0.4, 0.5) is 0 Å². The van der Waals surface area contributed by atoms with Gasteiger partial charge in [-0.3, -0.25) is 9.63 Å². The van der Waals surface area contributed by atoms with E-state index in [0.29, 0.717) is 24.6 Å². The molecular weight excluding hydrogens is 390 g/mol. The Kier molecular flexibility index (Phi) is 7.30. The molecule has 0 amide bonds. The number of carbonyl (C=O) groups excluding carboxylic acids is 1. The van der Waals surface area contributed by atoms with Gasteiger partial charge in [-0.15, -0.1) is 0 Å². The van der Waals surface area contributed by atoms with Crippen LogP contribution >= 0.6 is 11.6 Å². The van der Waals surface area contributed by atoms with Crippen molar-refractivity contribution in [2.45, 2.75) is 32.9 Å². The Morgan fingerprint density at radius 1 is 1.17 bits per heavy atom. The zero-order valence-electron chi connectivity index (χ0n) is 16.9. The number of aliphatic hydroxyl groups is 1. The highest BCUT2D eigenvalue weighted by molar-refractivity contribution is 6.30. The summed E-state index contributed by atoms with van der Waals surface area (Å²) in [5.41, 5.74) is 1.67. The summed E-state index contributed by atoms with van der Waals surface area (Å²) < 4.78 is 5.49. The first-order valence-corrected chi connectivity index (χ1v) is 10.2. The van der Waals surface area contributed by atoms with Crippen LogP contribution in [-0.2, 0) is 21.0 Å². The molecule has 1 aliphatic heterocycles. The molecule has 0 aliphatic carbocycles. The van der Waals surface area contributed by atoms with Gasteiger partial charge in [-0.1, -0.05) is 67.9 Å². The molecule has 0 spiro atoms. The van der Waals surface area contributed by atoms with Gasteiger partial charge in [0.05, 0.1) is 31.8 Å². The van der Waals surface area contributed by atoms with Gasteiger partial charge < -0.3 is 9.84 Å². The molecule has 2 atom stereocenters. The number of halogens is 1. The largest absolute Gasteiger partial charge is 0.465 e. The van der Waals surface area contributed by atoms with E-state index < -0.39 is 5.41 Å². The van der Waals surface area contributed by atoms with Gasteiger partial charge in [0.25, 0.3) is 0 Å². The summed E-state index contributed by atoms with van der Waals surface area (Å²) in [5, 5.41) is 11.9. The SMILES string of the molecule is CC(C)(CO)COC(=O)C1CC(c2ccc(Cl)cc2)N(OCc2ccccc2)C1. The van der Waals surface area contributed by atoms with E-state index in [4.69, 9.17) is 21.2 Å². The van der Waals surface area contributed by atoms with Gasteiger partial charge in [-0.2, -0.15) is 5.06 Å². The molecule has 1 aliphatic rings. The lowest BCUT2D eigenvalue weighted by atomic mass is 9.96. The molecule has 1 N–H and O–H groups in total. The van der Waals surface area contributed by atoms with Crippen molar-refractivity contribution in [2.75, 3.05) is 19.8 Å². The van der Waals surface area contributed by atoms with Crippen LogP contribution in [0.3, 0.4) is 0 Å². The number of rotatable bonds is 8. The Balaban J connectivity index is 1.69. The van der Waals surface area contributed by atoms with Gasteiger partial charge in [-0.05, 0) is 29.7 Å². The molecule has 6 heteroatoms. The first-order valence-electron chi connectivity index (χ1n) is 9.84. The number of esters is 1. The second-order valence-electron chi connectivity index (χ2n) is 8.29. The van der Waals surface area contributed by atoms with Crippen molar-refractivity contribution >= 4 is 17.6 Å². The molecule has 2 aromatic carbocycles. The smallest absolute Gasteiger partial charge is 0.310 e. The van der Waals surface area contributed by atoms with Gasteiger partial charge in [-0.25, -0.2) is 0 Å². The monoisotopic (exact) mass is 417 g/mol. The van der Waals surface area contributed by atoms with E-state index >= 15 is 0 Å². The highest BCUT2D eigenvalue weighted by Gasteiger charge is 2.39. The van der Waals surface area contributed by atoms with E-state index in [1.807, 2.05) is 73.5 Å². The number of benzene rings is 2. The molecular formula is C23H28ClNO4. The number of aliphatic hydroxyl groups excluding tert-OH is 1. The lowest BCUT2D eigenvalue weighted by Crippen LogP contribution is -2.30. The third-order valence-corrected chi connectivity index (χ3v) is 5.37. The molecule has 2 aromatic rings. The van der Waals surface area contributed by atoms with E-state index in [1.165, 1.54) is 0 Å². The fourth-order valence-electron chi connectivity index (χ4n) is 3.27. The zero-order chi connectivity index (χ0) is 20.9. The molecule has 0 aromatic heterocycles. The van der Waals surface area contributed by atoms with E-state index in [1.54, 1.807) is 0 Å². The summed E-state index contributed by atoms with van der Waals surface area (Å²) in [7, 11) is 0. The van der Waals surface area contributed by atoms with Crippen LogP contribution in [0.1, 0.15) is 37.4 Å². The van der Waals surface area contributed by atoms with E-state index in [2.05, 4.69) is 0 Å². The van der Waals surface area contributed by atoms with Crippen molar-refractivity contribution in [1.82, 2.24) is 5.06 Å². The molecule has 29 heavy (non-hydrogen) atoms. The first-order chi connectivity index (χ1) is 13.9. The number of ether oxygens (including phenoxy) is 1. The highest BCUT2D eigenvalue weighted by atomic mass is 35.5. The topological polar surface area (TPSA) is 59.0 Å². The summed E-state index contributed by atoms with van der Waals surface area (Å²) in [6.45, 7) is 4.77. The van der Waals surface area contributed by atoms with Crippen LogP contribution in [0.15, 0.2) is 54.6 Å². The highest BCUT2D eigenvalue weighted by Crippen LogP contribution is 2.37. The molecule has 1 saturated heterocycles. The minimum Gasteiger partial charge on any atom is -0.465 e.